The minimum Gasteiger partial charge on any atom is -0.147 e. The summed E-state index contributed by atoms with van der Waals surface area (Å²) in [6.07, 6.45) is 11.8. The van der Waals surface area contributed by atoms with Gasteiger partial charge in [0.2, 0.25) is 0 Å². The third kappa shape index (κ3) is 9.95. The van der Waals surface area contributed by atoms with Crippen LogP contribution in [-0.2, 0) is 0 Å². The van der Waals surface area contributed by atoms with Crippen molar-refractivity contribution in [1.82, 2.24) is 0 Å². The number of unbranched alkanes of at least 4 members (excludes halogenated alkanes) is 4. The van der Waals surface area contributed by atoms with Gasteiger partial charge in [0, 0.05) is 0 Å². The van der Waals surface area contributed by atoms with Gasteiger partial charge in [-0.05, 0) is 0 Å². The molecule has 0 radical (unpaired) electrons. The van der Waals surface area contributed by atoms with Crippen molar-refractivity contribution in [3.63, 3.8) is 0 Å². The molecule has 0 saturated carbocycles. The van der Waals surface area contributed by atoms with Gasteiger partial charge < -0.3 is 0 Å². The molecule has 0 amide bonds. The zero-order chi connectivity index (χ0) is 13.0. The molecule has 0 aromatic carbocycles. The van der Waals surface area contributed by atoms with Crippen molar-refractivity contribution in [3.05, 3.63) is 0 Å². The Morgan fingerprint density at radius 1 is 0.500 bits per heavy atom. The van der Waals surface area contributed by atoms with Gasteiger partial charge in [-0.15, -0.1) is 12.4 Å². The Morgan fingerprint density at radius 3 is 0.889 bits per heavy atom. The summed E-state index contributed by atoms with van der Waals surface area (Å²) in [5, 5.41) is 0. The van der Waals surface area contributed by atoms with E-state index >= 15 is 0 Å². The third-order valence-electron chi connectivity index (χ3n) is 4.24. The molecule has 0 fully saturated rings. The van der Waals surface area contributed by atoms with E-state index in [1.165, 1.54) is 51.4 Å². The van der Waals surface area contributed by atoms with Crippen LogP contribution in [0.1, 0.15) is 79.1 Å². The topological polar surface area (TPSA) is 0 Å². The van der Waals surface area contributed by atoms with Crippen LogP contribution in [0.5, 0.6) is 0 Å². The SMILES string of the molecule is CCC[CH2][Sn]([CH2]CCC)([CH2]CCC)[CH2]CCC.Cl. The molecule has 0 saturated heterocycles. The summed E-state index contributed by atoms with van der Waals surface area (Å²) in [5.41, 5.74) is 0. The minimum atomic E-state index is -1.69. The van der Waals surface area contributed by atoms with E-state index in [0.717, 1.165) is 0 Å². The summed E-state index contributed by atoms with van der Waals surface area (Å²) in [6, 6.07) is 0. The van der Waals surface area contributed by atoms with Crippen molar-refractivity contribution in [1.29, 1.82) is 0 Å². The molecule has 0 aliphatic carbocycles. The van der Waals surface area contributed by atoms with Crippen LogP contribution in [0.25, 0.3) is 0 Å². The average molecular weight is 384 g/mol. The first kappa shape index (κ1) is 21.4. The molecule has 0 aliphatic heterocycles. The van der Waals surface area contributed by atoms with E-state index in [1.807, 2.05) is 0 Å². The van der Waals surface area contributed by atoms with Crippen molar-refractivity contribution in [2.45, 2.75) is 96.8 Å². The zero-order valence-corrected chi connectivity index (χ0v) is 17.1. The molecule has 112 valence electrons. The molecule has 0 aromatic heterocycles. The van der Waals surface area contributed by atoms with Gasteiger partial charge in [0.15, 0.2) is 0 Å². The van der Waals surface area contributed by atoms with Crippen LogP contribution in [0.15, 0.2) is 0 Å². The van der Waals surface area contributed by atoms with E-state index in [1.54, 1.807) is 17.7 Å². The second-order valence-corrected chi connectivity index (χ2v) is 20.2. The van der Waals surface area contributed by atoms with Crippen LogP contribution < -0.4 is 0 Å². The van der Waals surface area contributed by atoms with Gasteiger partial charge in [-0.25, -0.2) is 0 Å². The van der Waals surface area contributed by atoms with Gasteiger partial charge >= 0.3 is 115 Å². The fourth-order valence-corrected chi connectivity index (χ4v) is 19.8. The maximum atomic E-state index is 2.37. The second kappa shape index (κ2) is 14.5. The first-order valence-corrected chi connectivity index (χ1v) is 16.3. The van der Waals surface area contributed by atoms with Crippen LogP contribution in [0, 0.1) is 0 Å². The summed E-state index contributed by atoms with van der Waals surface area (Å²) in [7, 11) is 0. The molecule has 0 bridgehead atoms. The predicted octanol–water partition coefficient (Wildman–Crippen LogP) is 7.06. The number of halogens is 1. The van der Waals surface area contributed by atoms with Crippen molar-refractivity contribution in [3.8, 4) is 0 Å². The Morgan fingerprint density at radius 2 is 0.722 bits per heavy atom. The van der Waals surface area contributed by atoms with Crippen LogP contribution in [-0.4, -0.2) is 18.4 Å². The smallest absolute Gasteiger partial charge is 0.147 e. The summed E-state index contributed by atoms with van der Waals surface area (Å²) >= 11 is -1.69. The van der Waals surface area contributed by atoms with Crippen LogP contribution >= 0.6 is 12.4 Å². The molecule has 0 unspecified atom stereocenters. The number of hydrogen-bond acceptors (Lipinski definition) is 0. The molecule has 18 heavy (non-hydrogen) atoms. The average Bonchev–Trinajstić information content (AvgIpc) is 2.37. The molecule has 0 aromatic rings. The van der Waals surface area contributed by atoms with Crippen molar-refractivity contribution < 1.29 is 0 Å². The van der Waals surface area contributed by atoms with Gasteiger partial charge in [-0.3, -0.25) is 0 Å². The Bertz CT molecular complexity index is 122. The molecule has 2 heteroatoms. The van der Waals surface area contributed by atoms with Gasteiger partial charge in [-0.2, -0.15) is 0 Å². The largest absolute Gasteiger partial charge is 0.147 e. The molecule has 0 atom stereocenters. The third-order valence-corrected chi connectivity index (χ3v) is 20.4. The zero-order valence-electron chi connectivity index (χ0n) is 13.4. The number of hydrogen-bond donors (Lipinski definition) is 0. The molecule has 0 aliphatic rings. The Balaban J connectivity index is 0. The quantitative estimate of drug-likeness (QED) is 0.316. The Labute approximate surface area is 127 Å². The fourth-order valence-electron chi connectivity index (χ4n) is 2.96. The van der Waals surface area contributed by atoms with E-state index in [9.17, 15) is 0 Å². The van der Waals surface area contributed by atoms with E-state index in [0.29, 0.717) is 0 Å². The van der Waals surface area contributed by atoms with Gasteiger partial charge in [0.25, 0.3) is 0 Å². The van der Waals surface area contributed by atoms with Crippen LogP contribution in [0.3, 0.4) is 0 Å². The van der Waals surface area contributed by atoms with E-state index in [-0.39, 0.29) is 12.4 Å². The van der Waals surface area contributed by atoms with Crippen LogP contribution in [0.4, 0.5) is 0 Å². The number of rotatable bonds is 12. The van der Waals surface area contributed by atoms with Gasteiger partial charge in [0.1, 0.15) is 0 Å². The van der Waals surface area contributed by atoms with Gasteiger partial charge in [-0.1, -0.05) is 0 Å². The van der Waals surface area contributed by atoms with Crippen molar-refractivity contribution >= 4 is 30.8 Å². The normalized spacial score (nSPS) is 11.3. The summed E-state index contributed by atoms with van der Waals surface area (Å²) < 4.78 is 6.80. The first-order chi connectivity index (χ1) is 8.24. The molecule has 0 nitrogen and oxygen atoms in total. The molecule has 0 heterocycles. The molecule has 0 N–H and O–H groups in total. The molecule has 0 rings (SSSR count). The van der Waals surface area contributed by atoms with Crippen molar-refractivity contribution in [2.24, 2.45) is 0 Å². The van der Waals surface area contributed by atoms with Gasteiger partial charge in [0.05, 0.1) is 0 Å². The van der Waals surface area contributed by atoms with E-state index in [2.05, 4.69) is 27.7 Å². The molecule has 0 spiro atoms. The summed E-state index contributed by atoms with van der Waals surface area (Å²) in [6.45, 7) is 9.48. The maximum absolute atomic E-state index is 2.37. The van der Waals surface area contributed by atoms with E-state index < -0.39 is 18.4 Å². The molecular formula is C16H37ClSn. The van der Waals surface area contributed by atoms with Crippen molar-refractivity contribution in [2.75, 3.05) is 0 Å². The Hall–Kier alpha value is 1.09. The minimum absolute atomic E-state index is 0. The second-order valence-electron chi connectivity index (χ2n) is 5.91. The summed E-state index contributed by atoms with van der Waals surface area (Å²) in [4.78, 5) is 0. The van der Waals surface area contributed by atoms with Crippen LogP contribution in [0.2, 0.25) is 17.7 Å². The fraction of sp³-hybridized carbons (Fsp3) is 1.00. The predicted molar refractivity (Wildman–Crippen MR) is 91.9 cm³/mol. The first-order valence-electron chi connectivity index (χ1n) is 8.24. The molecular weight excluding hydrogens is 346 g/mol. The maximum Gasteiger partial charge on any atom is -0.147 e. The standard InChI is InChI=1S/4C4H9.ClH.Sn/c4*1-3-4-2;;/h4*1,3-4H2,2H3;1H;. The Kier molecular flexibility index (Phi) is 17.2. The van der Waals surface area contributed by atoms with E-state index in [4.69, 9.17) is 0 Å². The summed E-state index contributed by atoms with van der Waals surface area (Å²) in [5.74, 6) is 0. The monoisotopic (exact) mass is 384 g/mol.